The van der Waals surface area contributed by atoms with Crippen LogP contribution >= 0.6 is 0 Å². The number of hydrogen-bond acceptors (Lipinski definition) is 4. The first-order valence-electron chi connectivity index (χ1n) is 8.48. The van der Waals surface area contributed by atoms with Crippen molar-refractivity contribution in [3.8, 4) is 6.07 Å². The van der Waals surface area contributed by atoms with Crippen molar-refractivity contribution in [3.63, 3.8) is 0 Å². The van der Waals surface area contributed by atoms with E-state index < -0.39 is 41.1 Å². The van der Waals surface area contributed by atoms with Crippen molar-refractivity contribution < 1.29 is 13.5 Å². The number of halogens is 2. The van der Waals surface area contributed by atoms with Crippen LogP contribution in [0.3, 0.4) is 0 Å². The highest BCUT2D eigenvalue weighted by molar-refractivity contribution is 5.43. The number of benzene rings is 1. The molecule has 0 aliphatic heterocycles. The van der Waals surface area contributed by atoms with Gasteiger partial charge in [0.2, 0.25) is 0 Å². The van der Waals surface area contributed by atoms with E-state index in [0.29, 0.717) is 5.56 Å². The van der Waals surface area contributed by atoms with Gasteiger partial charge in [0.1, 0.15) is 12.4 Å². The number of hydrogen-bond donors (Lipinski definition) is 1. The van der Waals surface area contributed by atoms with Crippen LogP contribution in [0.2, 0.25) is 0 Å². The zero-order valence-electron chi connectivity index (χ0n) is 15.6. The zero-order valence-corrected chi connectivity index (χ0v) is 15.6. The molecular weight excluding hydrogens is 356 g/mol. The number of alkyl halides is 2. The Balaban J connectivity index is 2.89. The van der Waals surface area contributed by atoms with Crippen LogP contribution in [0.25, 0.3) is 0 Å². The first kappa shape index (κ1) is 20.5. The molecule has 144 valence electrons. The van der Waals surface area contributed by atoms with Crippen LogP contribution in [-0.4, -0.2) is 16.2 Å². The third-order valence-electron chi connectivity index (χ3n) is 4.10. The van der Waals surface area contributed by atoms with Gasteiger partial charge in [-0.2, -0.15) is 14.0 Å². The number of nitriles is 1. The monoisotopic (exact) mass is 377 g/mol. The van der Waals surface area contributed by atoms with Crippen molar-refractivity contribution in [2.24, 2.45) is 0 Å². The fourth-order valence-electron chi connectivity index (χ4n) is 2.93. The van der Waals surface area contributed by atoms with E-state index in [4.69, 9.17) is 10.00 Å². The van der Waals surface area contributed by atoms with Crippen LogP contribution in [0.4, 0.5) is 8.78 Å². The Morgan fingerprint density at radius 1 is 1.30 bits per heavy atom. The van der Waals surface area contributed by atoms with E-state index in [1.54, 1.807) is 27.7 Å². The van der Waals surface area contributed by atoms with Gasteiger partial charge in [-0.05, 0) is 43.5 Å². The Labute approximate surface area is 155 Å². The Kier molecular flexibility index (Phi) is 5.96. The Hall–Kier alpha value is -2.79. The molecule has 27 heavy (non-hydrogen) atoms. The fraction of sp³-hybridized carbons (Fsp3) is 0.421. The molecule has 1 heterocycles. The van der Waals surface area contributed by atoms with Crippen LogP contribution in [-0.2, 0) is 17.4 Å². The highest BCUT2D eigenvalue weighted by atomic mass is 19.3. The molecule has 0 atom stereocenters. The van der Waals surface area contributed by atoms with Crippen molar-refractivity contribution in [1.82, 2.24) is 9.55 Å². The van der Waals surface area contributed by atoms with Crippen LogP contribution in [0.15, 0.2) is 27.8 Å². The second kappa shape index (κ2) is 7.84. The lowest BCUT2D eigenvalue weighted by Gasteiger charge is -2.25. The molecule has 0 saturated heterocycles. The highest BCUT2D eigenvalue weighted by Gasteiger charge is 2.41. The summed E-state index contributed by atoms with van der Waals surface area (Å²) in [5.41, 5.74) is -2.66. The van der Waals surface area contributed by atoms with Gasteiger partial charge in [0.15, 0.2) is 0 Å². The number of nitrogens with one attached hydrogen (secondary N) is 1. The summed E-state index contributed by atoms with van der Waals surface area (Å²) in [5.74, 6) is -4.25. The predicted molar refractivity (Wildman–Crippen MR) is 95.9 cm³/mol. The van der Waals surface area contributed by atoms with E-state index in [1.165, 1.54) is 12.1 Å². The molecule has 1 aromatic heterocycles. The van der Waals surface area contributed by atoms with Crippen LogP contribution in [0, 0.1) is 18.3 Å². The average molecular weight is 377 g/mol. The van der Waals surface area contributed by atoms with Crippen molar-refractivity contribution >= 4 is 0 Å². The predicted octanol–water partition coefficient (Wildman–Crippen LogP) is 2.97. The fourth-order valence-corrected chi connectivity index (χ4v) is 2.93. The van der Waals surface area contributed by atoms with E-state index in [-0.39, 0.29) is 17.7 Å². The van der Waals surface area contributed by atoms with Gasteiger partial charge in [-0.15, -0.1) is 0 Å². The maximum atomic E-state index is 15.6. The summed E-state index contributed by atoms with van der Waals surface area (Å²) >= 11 is 0. The Morgan fingerprint density at radius 2 is 1.96 bits per heavy atom. The van der Waals surface area contributed by atoms with Gasteiger partial charge < -0.3 is 4.74 Å². The minimum atomic E-state index is -3.68. The maximum absolute atomic E-state index is 15.6. The molecular formula is C19H21F2N3O3. The lowest BCUT2D eigenvalue weighted by molar-refractivity contribution is 0.0145. The summed E-state index contributed by atoms with van der Waals surface area (Å²) < 4.78 is 37.1. The van der Waals surface area contributed by atoms with Crippen LogP contribution in [0.1, 0.15) is 54.6 Å². The zero-order chi connectivity index (χ0) is 20.4. The van der Waals surface area contributed by atoms with Gasteiger partial charge >= 0.3 is 11.6 Å². The van der Waals surface area contributed by atoms with Crippen LogP contribution < -0.4 is 11.2 Å². The quantitative estimate of drug-likeness (QED) is 0.838. The molecule has 0 radical (unpaired) electrons. The van der Waals surface area contributed by atoms with Crippen molar-refractivity contribution in [2.45, 2.75) is 46.3 Å². The number of rotatable bonds is 6. The van der Waals surface area contributed by atoms with Crippen molar-refractivity contribution in [3.05, 3.63) is 67.0 Å². The third kappa shape index (κ3) is 3.98. The molecule has 0 fully saturated rings. The lowest BCUT2D eigenvalue weighted by atomic mass is 9.93. The second-order valence-corrected chi connectivity index (χ2v) is 6.50. The Bertz CT molecular complexity index is 1000. The third-order valence-corrected chi connectivity index (χ3v) is 4.10. The summed E-state index contributed by atoms with van der Waals surface area (Å²) in [6, 6.07) is 5.63. The number of H-pyrrole nitrogens is 1. The van der Waals surface area contributed by atoms with E-state index in [9.17, 15) is 9.59 Å². The number of aromatic nitrogens is 2. The molecule has 0 bridgehead atoms. The lowest BCUT2D eigenvalue weighted by Crippen LogP contribution is -2.40. The average Bonchev–Trinajstić information content (AvgIpc) is 2.59. The van der Waals surface area contributed by atoms with E-state index in [1.807, 2.05) is 6.07 Å². The molecule has 0 unspecified atom stereocenters. The molecule has 0 saturated carbocycles. The van der Waals surface area contributed by atoms with E-state index in [0.717, 1.165) is 10.6 Å². The maximum Gasteiger partial charge on any atom is 0.330 e. The summed E-state index contributed by atoms with van der Waals surface area (Å²) in [7, 11) is 0. The molecule has 0 aliphatic carbocycles. The topological polar surface area (TPSA) is 87.9 Å². The molecule has 2 aromatic rings. The number of aromatic amines is 1. The summed E-state index contributed by atoms with van der Waals surface area (Å²) in [4.78, 5) is 26.6. The normalized spacial score (nSPS) is 11.6. The van der Waals surface area contributed by atoms with Gasteiger partial charge in [0.25, 0.3) is 5.56 Å². The summed E-state index contributed by atoms with van der Waals surface area (Å²) in [5, 5.41) is 9.10. The molecule has 0 aliphatic rings. The second-order valence-electron chi connectivity index (χ2n) is 6.50. The van der Waals surface area contributed by atoms with E-state index in [2.05, 4.69) is 4.98 Å². The molecule has 0 amide bonds. The smallest absolute Gasteiger partial charge is 0.330 e. The minimum Gasteiger partial charge on any atom is -0.361 e. The first-order valence-corrected chi connectivity index (χ1v) is 8.48. The molecule has 8 heteroatoms. The van der Waals surface area contributed by atoms with Crippen molar-refractivity contribution in [1.29, 1.82) is 5.26 Å². The molecule has 6 nitrogen and oxygen atoms in total. The number of aryl methyl sites for hydroxylation is 1. The van der Waals surface area contributed by atoms with Crippen molar-refractivity contribution in [2.75, 3.05) is 6.61 Å². The molecule has 0 spiro atoms. The first-order chi connectivity index (χ1) is 12.6. The van der Waals surface area contributed by atoms with Gasteiger partial charge in [-0.1, -0.05) is 13.8 Å². The molecule has 1 aromatic carbocycles. The molecule has 1 N–H and O–H groups in total. The highest BCUT2D eigenvalue weighted by Crippen LogP contribution is 2.38. The van der Waals surface area contributed by atoms with Crippen LogP contribution in [0.5, 0.6) is 0 Å². The Morgan fingerprint density at radius 3 is 2.52 bits per heavy atom. The summed E-state index contributed by atoms with van der Waals surface area (Å²) in [6.45, 7) is 6.23. The van der Waals surface area contributed by atoms with Gasteiger partial charge in [-0.3, -0.25) is 14.3 Å². The van der Waals surface area contributed by atoms with Gasteiger partial charge in [0.05, 0.1) is 11.6 Å². The number of ether oxygens (including phenoxy) is 1. The summed E-state index contributed by atoms with van der Waals surface area (Å²) in [6.07, 6.45) is 0. The largest absolute Gasteiger partial charge is 0.361 e. The van der Waals surface area contributed by atoms with Gasteiger partial charge in [0, 0.05) is 17.7 Å². The minimum absolute atomic E-state index is 0.0688. The molecule has 2 rings (SSSR count). The number of nitrogens with zero attached hydrogens (tertiary/aromatic N) is 2. The SMILES string of the molecule is CCOCn1c(C(F)(F)c2cc(C)cc(C#N)c2)c(C(C)C)c(=O)[nH]c1=O. The van der Waals surface area contributed by atoms with Gasteiger partial charge in [-0.25, -0.2) is 4.79 Å². The van der Waals surface area contributed by atoms with E-state index >= 15 is 8.78 Å². The standard InChI is InChI=1S/C19H21F2N3O3/c1-5-27-10-24-16(15(11(2)3)17(25)23-18(24)26)19(20,21)14-7-12(4)6-13(8-14)9-22/h6-8,11H,5,10H2,1-4H3,(H,23,25,26).